The number of pyridine rings is 1. The topological polar surface area (TPSA) is 105 Å². The molecule has 0 saturated carbocycles. The number of hydrogen-bond donors (Lipinski definition) is 1. The van der Waals surface area contributed by atoms with Gasteiger partial charge in [-0.2, -0.15) is 0 Å². The average Bonchev–Trinajstić information content (AvgIpc) is 2.81. The summed E-state index contributed by atoms with van der Waals surface area (Å²) in [6.45, 7) is 0. The lowest BCUT2D eigenvalue weighted by Gasteiger charge is -2.17. The third-order valence-electron chi connectivity index (χ3n) is 3.35. The van der Waals surface area contributed by atoms with E-state index in [-0.39, 0.29) is 17.1 Å². The number of rotatable bonds is 1. The molecule has 108 valence electrons. The molecule has 0 saturated heterocycles. The Bertz CT molecular complexity index is 980. The number of imidazole rings is 1. The van der Waals surface area contributed by atoms with Gasteiger partial charge in [-0.25, -0.2) is 9.78 Å². The quantitative estimate of drug-likeness (QED) is 0.629. The van der Waals surface area contributed by atoms with Gasteiger partial charge in [-0.05, 0) is 18.0 Å². The van der Waals surface area contributed by atoms with Crippen LogP contribution >= 0.6 is 0 Å². The van der Waals surface area contributed by atoms with E-state index in [2.05, 4.69) is 4.98 Å². The lowest BCUT2D eigenvalue weighted by molar-refractivity contribution is -0.278. The molecule has 8 nitrogen and oxygen atoms in total. The highest BCUT2D eigenvalue weighted by atomic mass is 16.3. The van der Waals surface area contributed by atoms with Gasteiger partial charge in [0.25, 0.3) is 5.56 Å². The van der Waals surface area contributed by atoms with E-state index in [1.165, 1.54) is 18.5 Å². The SMILES string of the molecule is Cn1c([O-])c(-c2nc3ccccn3c2O)c(=O)n(C)c1=O. The summed E-state index contributed by atoms with van der Waals surface area (Å²) in [5, 5.41) is 22.4. The molecule has 0 spiro atoms. The first-order chi connectivity index (χ1) is 9.93. The minimum atomic E-state index is -0.790. The van der Waals surface area contributed by atoms with Crippen LogP contribution in [0.25, 0.3) is 16.9 Å². The van der Waals surface area contributed by atoms with Crippen LogP contribution in [0.3, 0.4) is 0 Å². The average molecular weight is 287 g/mol. The van der Waals surface area contributed by atoms with E-state index < -0.39 is 17.1 Å². The Kier molecular flexibility index (Phi) is 2.62. The zero-order chi connectivity index (χ0) is 15.3. The smallest absolute Gasteiger partial charge is 0.329 e. The van der Waals surface area contributed by atoms with Gasteiger partial charge in [0.1, 0.15) is 11.3 Å². The van der Waals surface area contributed by atoms with Crippen LogP contribution in [0.15, 0.2) is 34.0 Å². The van der Waals surface area contributed by atoms with Gasteiger partial charge in [-0.3, -0.25) is 13.8 Å². The van der Waals surface area contributed by atoms with Crippen molar-refractivity contribution in [2.24, 2.45) is 14.1 Å². The Hall–Kier alpha value is -3.03. The van der Waals surface area contributed by atoms with Crippen LogP contribution in [-0.2, 0) is 14.1 Å². The molecule has 0 atom stereocenters. The van der Waals surface area contributed by atoms with E-state index in [9.17, 15) is 19.8 Å². The van der Waals surface area contributed by atoms with Crippen molar-refractivity contribution in [2.45, 2.75) is 0 Å². The summed E-state index contributed by atoms with van der Waals surface area (Å²) in [7, 11) is 2.53. The lowest BCUT2D eigenvalue weighted by Crippen LogP contribution is -2.39. The summed E-state index contributed by atoms with van der Waals surface area (Å²) in [6.07, 6.45) is 1.55. The second-order valence-corrected chi connectivity index (χ2v) is 4.60. The number of aromatic hydroxyl groups is 1. The summed E-state index contributed by atoms with van der Waals surface area (Å²) in [4.78, 5) is 28.0. The van der Waals surface area contributed by atoms with Crippen molar-refractivity contribution >= 4 is 5.65 Å². The van der Waals surface area contributed by atoms with Gasteiger partial charge >= 0.3 is 5.69 Å². The first-order valence-electron chi connectivity index (χ1n) is 6.07. The first kappa shape index (κ1) is 13.0. The molecular weight excluding hydrogens is 276 g/mol. The van der Waals surface area contributed by atoms with Gasteiger partial charge in [-0.15, -0.1) is 0 Å². The molecule has 8 heteroatoms. The fourth-order valence-corrected chi connectivity index (χ4v) is 2.18. The molecule has 3 aromatic heterocycles. The maximum Gasteiger partial charge on any atom is 0.329 e. The van der Waals surface area contributed by atoms with Crippen LogP contribution in [-0.4, -0.2) is 23.6 Å². The number of nitrogens with zero attached hydrogens (tertiary/aromatic N) is 4. The van der Waals surface area contributed by atoms with Gasteiger partial charge < -0.3 is 14.8 Å². The largest absolute Gasteiger partial charge is 0.859 e. The molecule has 21 heavy (non-hydrogen) atoms. The number of fused-ring (bicyclic) bond motifs is 1. The van der Waals surface area contributed by atoms with Crippen LogP contribution in [0, 0.1) is 0 Å². The molecule has 3 rings (SSSR count). The molecule has 0 aliphatic heterocycles. The van der Waals surface area contributed by atoms with Gasteiger partial charge in [0, 0.05) is 20.3 Å². The minimum Gasteiger partial charge on any atom is -0.859 e. The van der Waals surface area contributed by atoms with E-state index in [0.29, 0.717) is 5.65 Å². The van der Waals surface area contributed by atoms with E-state index in [4.69, 9.17) is 0 Å². The van der Waals surface area contributed by atoms with Crippen molar-refractivity contribution in [3.8, 4) is 23.0 Å². The Balaban J connectivity index is 2.47. The van der Waals surface area contributed by atoms with Gasteiger partial charge in [-0.1, -0.05) is 6.07 Å². The van der Waals surface area contributed by atoms with Crippen LogP contribution in [0.1, 0.15) is 0 Å². The molecule has 3 heterocycles. The standard InChI is InChI=1S/C13H12N4O4/c1-15-10(18)8(11(19)16(2)13(15)21)9-12(20)17-6-4-3-5-7(17)14-9/h3-6,18,20H,1-2H3/p-1. The zero-order valence-electron chi connectivity index (χ0n) is 11.3. The molecule has 0 aliphatic carbocycles. The molecule has 0 bridgehead atoms. The maximum absolute atomic E-state index is 12.2. The molecule has 0 unspecified atom stereocenters. The minimum absolute atomic E-state index is 0.137. The normalized spacial score (nSPS) is 11.1. The molecular formula is C13H11N4O4-. The summed E-state index contributed by atoms with van der Waals surface area (Å²) in [6, 6.07) is 5.01. The predicted octanol–water partition coefficient (Wildman–Crippen LogP) is -0.822. The monoisotopic (exact) mass is 287 g/mol. The fourth-order valence-electron chi connectivity index (χ4n) is 2.18. The van der Waals surface area contributed by atoms with Gasteiger partial charge in [0.05, 0.1) is 5.56 Å². The lowest BCUT2D eigenvalue weighted by atomic mass is 10.2. The maximum atomic E-state index is 12.2. The van der Waals surface area contributed by atoms with Crippen molar-refractivity contribution in [1.82, 2.24) is 18.5 Å². The first-order valence-corrected chi connectivity index (χ1v) is 6.07. The second kappa shape index (κ2) is 4.23. The van der Waals surface area contributed by atoms with E-state index in [0.717, 1.165) is 9.13 Å². The Morgan fingerprint density at radius 2 is 1.90 bits per heavy atom. The summed E-state index contributed by atoms with van der Waals surface area (Å²) >= 11 is 0. The summed E-state index contributed by atoms with van der Waals surface area (Å²) < 4.78 is 2.96. The summed E-state index contributed by atoms with van der Waals surface area (Å²) in [5.74, 6) is -1.11. The molecule has 0 aromatic carbocycles. The second-order valence-electron chi connectivity index (χ2n) is 4.60. The molecule has 3 aromatic rings. The van der Waals surface area contributed by atoms with Gasteiger partial charge in [0.2, 0.25) is 5.88 Å². The Labute approximate surface area is 117 Å². The van der Waals surface area contributed by atoms with Crippen LogP contribution in [0.4, 0.5) is 0 Å². The highest BCUT2D eigenvalue weighted by Gasteiger charge is 2.19. The van der Waals surface area contributed by atoms with E-state index in [1.54, 1.807) is 24.4 Å². The van der Waals surface area contributed by atoms with E-state index in [1.807, 2.05) is 0 Å². The Morgan fingerprint density at radius 1 is 1.19 bits per heavy atom. The number of aromatic nitrogens is 4. The third-order valence-corrected chi connectivity index (χ3v) is 3.35. The molecule has 1 N–H and O–H groups in total. The van der Waals surface area contributed by atoms with Crippen molar-refractivity contribution in [3.05, 3.63) is 45.2 Å². The Morgan fingerprint density at radius 3 is 2.57 bits per heavy atom. The van der Waals surface area contributed by atoms with Crippen molar-refractivity contribution in [2.75, 3.05) is 0 Å². The molecule has 0 fully saturated rings. The van der Waals surface area contributed by atoms with Crippen molar-refractivity contribution in [3.63, 3.8) is 0 Å². The van der Waals surface area contributed by atoms with Crippen molar-refractivity contribution < 1.29 is 10.2 Å². The highest BCUT2D eigenvalue weighted by molar-refractivity contribution is 5.71. The van der Waals surface area contributed by atoms with E-state index >= 15 is 0 Å². The van der Waals surface area contributed by atoms with Crippen LogP contribution < -0.4 is 16.4 Å². The third kappa shape index (κ3) is 1.65. The number of hydrogen-bond acceptors (Lipinski definition) is 5. The molecule has 0 radical (unpaired) electrons. The predicted molar refractivity (Wildman–Crippen MR) is 72.2 cm³/mol. The van der Waals surface area contributed by atoms with Gasteiger partial charge in [0.15, 0.2) is 0 Å². The van der Waals surface area contributed by atoms with Crippen LogP contribution in [0.5, 0.6) is 11.8 Å². The van der Waals surface area contributed by atoms with Crippen molar-refractivity contribution in [1.29, 1.82) is 0 Å². The fraction of sp³-hybridized carbons (Fsp3) is 0.154. The molecule has 0 amide bonds. The summed E-state index contributed by atoms with van der Waals surface area (Å²) in [5.41, 5.74) is -1.60. The van der Waals surface area contributed by atoms with Crippen LogP contribution in [0.2, 0.25) is 0 Å². The highest BCUT2D eigenvalue weighted by Crippen LogP contribution is 2.30. The zero-order valence-corrected chi connectivity index (χ0v) is 11.3. The molecule has 0 aliphatic rings.